The maximum Gasteiger partial charge on any atom is 0.224 e. The van der Waals surface area contributed by atoms with Crippen molar-refractivity contribution in [3.05, 3.63) is 59.1 Å². The van der Waals surface area contributed by atoms with E-state index in [9.17, 15) is 4.79 Å². The number of methoxy groups -OCH3 is 1. The molecule has 3 nitrogen and oxygen atoms in total. The molecule has 1 amide bonds. The van der Waals surface area contributed by atoms with Crippen LogP contribution in [0.15, 0.2) is 48.5 Å². The summed E-state index contributed by atoms with van der Waals surface area (Å²) in [5, 5.41) is 3.54. The van der Waals surface area contributed by atoms with E-state index in [-0.39, 0.29) is 5.91 Å². The van der Waals surface area contributed by atoms with Crippen LogP contribution in [-0.4, -0.2) is 13.0 Å². The number of hydrogen-bond donors (Lipinski definition) is 1. The van der Waals surface area contributed by atoms with Gasteiger partial charge in [-0.25, -0.2) is 0 Å². The van der Waals surface area contributed by atoms with Crippen LogP contribution in [0.5, 0.6) is 5.75 Å². The SMILES string of the molecule is COc1cccc(NC(=O)CCc2cccc(Cl)c2)c1. The largest absolute Gasteiger partial charge is 0.497 e. The highest BCUT2D eigenvalue weighted by Crippen LogP contribution is 2.17. The predicted molar refractivity (Wildman–Crippen MR) is 81.4 cm³/mol. The summed E-state index contributed by atoms with van der Waals surface area (Å²) in [6.45, 7) is 0. The number of anilines is 1. The number of hydrogen-bond acceptors (Lipinski definition) is 2. The van der Waals surface area contributed by atoms with Crippen LogP contribution in [0, 0.1) is 0 Å². The minimum absolute atomic E-state index is 0.0294. The number of ether oxygens (including phenoxy) is 1. The molecule has 4 heteroatoms. The number of rotatable bonds is 5. The van der Waals surface area contributed by atoms with Crippen molar-refractivity contribution in [2.24, 2.45) is 0 Å². The average Bonchev–Trinajstić information content (AvgIpc) is 2.45. The normalized spacial score (nSPS) is 10.1. The fraction of sp³-hybridized carbons (Fsp3) is 0.188. The van der Waals surface area contributed by atoms with Crippen molar-refractivity contribution >= 4 is 23.2 Å². The van der Waals surface area contributed by atoms with E-state index < -0.39 is 0 Å². The van der Waals surface area contributed by atoms with Crippen molar-refractivity contribution in [2.45, 2.75) is 12.8 Å². The van der Waals surface area contributed by atoms with Gasteiger partial charge in [0, 0.05) is 23.2 Å². The van der Waals surface area contributed by atoms with Gasteiger partial charge < -0.3 is 10.1 Å². The average molecular weight is 290 g/mol. The lowest BCUT2D eigenvalue weighted by Crippen LogP contribution is -2.12. The van der Waals surface area contributed by atoms with Crippen molar-refractivity contribution < 1.29 is 9.53 Å². The Balaban J connectivity index is 1.89. The minimum Gasteiger partial charge on any atom is -0.497 e. The van der Waals surface area contributed by atoms with Crippen LogP contribution in [0.1, 0.15) is 12.0 Å². The standard InChI is InChI=1S/C16H16ClNO2/c1-20-15-7-3-6-14(11-15)18-16(19)9-8-12-4-2-5-13(17)10-12/h2-7,10-11H,8-9H2,1H3,(H,18,19). The predicted octanol–water partition coefficient (Wildman–Crippen LogP) is 3.92. The molecule has 0 heterocycles. The summed E-state index contributed by atoms with van der Waals surface area (Å²) in [6.07, 6.45) is 1.08. The van der Waals surface area contributed by atoms with E-state index in [2.05, 4.69) is 5.32 Å². The summed E-state index contributed by atoms with van der Waals surface area (Å²) in [6, 6.07) is 14.8. The molecule has 2 aromatic carbocycles. The number of carbonyl (C=O) groups excluding carboxylic acids is 1. The van der Waals surface area contributed by atoms with Crippen LogP contribution in [0.3, 0.4) is 0 Å². The minimum atomic E-state index is -0.0294. The molecule has 0 saturated carbocycles. The monoisotopic (exact) mass is 289 g/mol. The number of aryl methyl sites for hydroxylation is 1. The molecule has 0 aliphatic heterocycles. The lowest BCUT2D eigenvalue weighted by Gasteiger charge is -2.07. The third-order valence-corrected chi connectivity index (χ3v) is 3.12. The van der Waals surface area contributed by atoms with Gasteiger partial charge in [0.15, 0.2) is 0 Å². The smallest absolute Gasteiger partial charge is 0.224 e. The van der Waals surface area contributed by atoms with Gasteiger partial charge in [0.05, 0.1) is 7.11 Å². The Morgan fingerprint density at radius 2 is 2.00 bits per heavy atom. The quantitative estimate of drug-likeness (QED) is 0.906. The molecule has 0 atom stereocenters. The molecule has 0 saturated heterocycles. The Morgan fingerprint density at radius 3 is 2.75 bits per heavy atom. The van der Waals surface area contributed by atoms with Crippen LogP contribution in [0.4, 0.5) is 5.69 Å². The Hall–Kier alpha value is -2.00. The zero-order valence-electron chi connectivity index (χ0n) is 11.2. The zero-order chi connectivity index (χ0) is 14.4. The van der Waals surface area contributed by atoms with E-state index in [1.807, 2.05) is 42.5 Å². The third-order valence-electron chi connectivity index (χ3n) is 2.88. The second-order valence-electron chi connectivity index (χ2n) is 4.41. The fourth-order valence-corrected chi connectivity index (χ4v) is 2.09. The Bertz CT molecular complexity index is 599. The van der Waals surface area contributed by atoms with Gasteiger partial charge >= 0.3 is 0 Å². The third kappa shape index (κ3) is 4.28. The Morgan fingerprint density at radius 1 is 1.20 bits per heavy atom. The van der Waals surface area contributed by atoms with Crippen LogP contribution in [0.25, 0.3) is 0 Å². The Labute approximate surface area is 123 Å². The number of nitrogens with one attached hydrogen (secondary N) is 1. The molecule has 0 fully saturated rings. The molecule has 2 aromatic rings. The van der Waals surface area contributed by atoms with E-state index >= 15 is 0 Å². The summed E-state index contributed by atoms with van der Waals surface area (Å²) < 4.78 is 5.11. The highest BCUT2D eigenvalue weighted by atomic mass is 35.5. The maximum atomic E-state index is 11.9. The molecule has 0 aliphatic carbocycles. The highest BCUT2D eigenvalue weighted by Gasteiger charge is 2.04. The van der Waals surface area contributed by atoms with Gasteiger partial charge in [-0.15, -0.1) is 0 Å². The van der Waals surface area contributed by atoms with Gasteiger partial charge in [0.25, 0.3) is 0 Å². The van der Waals surface area contributed by atoms with Crippen molar-refractivity contribution in [2.75, 3.05) is 12.4 Å². The van der Waals surface area contributed by atoms with Crippen molar-refractivity contribution in [1.29, 1.82) is 0 Å². The second-order valence-corrected chi connectivity index (χ2v) is 4.85. The summed E-state index contributed by atoms with van der Waals surface area (Å²) >= 11 is 5.91. The molecule has 0 aliphatic rings. The maximum absolute atomic E-state index is 11.9. The van der Waals surface area contributed by atoms with Crippen molar-refractivity contribution in [3.63, 3.8) is 0 Å². The van der Waals surface area contributed by atoms with E-state index in [0.29, 0.717) is 17.9 Å². The highest BCUT2D eigenvalue weighted by molar-refractivity contribution is 6.30. The molecule has 0 unspecified atom stereocenters. The van der Waals surface area contributed by atoms with E-state index in [4.69, 9.17) is 16.3 Å². The molecule has 0 bridgehead atoms. The summed E-state index contributed by atoms with van der Waals surface area (Å²) in [5.41, 5.74) is 1.79. The van der Waals surface area contributed by atoms with Crippen molar-refractivity contribution in [3.8, 4) is 5.75 Å². The number of halogens is 1. The van der Waals surface area contributed by atoms with Crippen LogP contribution in [0.2, 0.25) is 5.02 Å². The first kappa shape index (κ1) is 14.4. The summed E-state index contributed by atoms with van der Waals surface area (Å²) in [4.78, 5) is 11.9. The van der Waals surface area contributed by atoms with Gasteiger partial charge in [-0.1, -0.05) is 29.8 Å². The molecule has 20 heavy (non-hydrogen) atoms. The number of benzene rings is 2. The van der Waals surface area contributed by atoms with E-state index in [1.54, 1.807) is 13.2 Å². The fourth-order valence-electron chi connectivity index (χ4n) is 1.87. The summed E-state index contributed by atoms with van der Waals surface area (Å²) in [5.74, 6) is 0.691. The molecule has 2 rings (SSSR count). The van der Waals surface area contributed by atoms with E-state index in [0.717, 1.165) is 17.0 Å². The zero-order valence-corrected chi connectivity index (χ0v) is 12.0. The van der Waals surface area contributed by atoms with Gasteiger partial charge in [0.1, 0.15) is 5.75 Å². The molecular weight excluding hydrogens is 274 g/mol. The van der Waals surface area contributed by atoms with Gasteiger partial charge in [-0.05, 0) is 36.2 Å². The Kier molecular flexibility index (Phi) is 5.02. The van der Waals surface area contributed by atoms with Crippen LogP contribution in [-0.2, 0) is 11.2 Å². The number of amides is 1. The molecule has 1 N–H and O–H groups in total. The van der Waals surface area contributed by atoms with Crippen molar-refractivity contribution in [1.82, 2.24) is 0 Å². The molecule has 0 radical (unpaired) electrons. The topological polar surface area (TPSA) is 38.3 Å². The van der Waals surface area contributed by atoms with Gasteiger partial charge in [-0.3, -0.25) is 4.79 Å². The first-order valence-electron chi connectivity index (χ1n) is 6.36. The van der Waals surface area contributed by atoms with Crippen LogP contribution >= 0.6 is 11.6 Å². The lowest BCUT2D eigenvalue weighted by atomic mass is 10.1. The van der Waals surface area contributed by atoms with Crippen LogP contribution < -0.4 is 10.1 Å². The van der Waals surface area contributed by atoms with Gasteiger partial charge in [-0.2, -0.15) is 0 Å². The first-order valence-corrected chi connectivity index (χ1v) is 6.73. The molecule has 0 aromatic heterocycles. The second kappa shape index (κ2) is 6.96. The lowest BCUT2D eigenvalue weighted by molar-refractivity contribution is -0.116. The van der Waals surface area contributed by atoms with E-state index in [1.165, 1.54) is 0 Å². The summed E-state index contributed by atoms with van der Waals surface area (Å²) in [7, 11) is 1.60. The number of carbonyl (C=O) groups is 1. The first-order chi connectivity index (χ1) is 9.67. The molecular formula is C16H16ClNO2. The van der Waals surface area contributed by atoms with Gasteiger partial charge in [0.2, 0.25) is 5.91 Å². The molecule has 104 valence electrons. The molecule has 0 spiro atoms.